The Morgan fingerprint density at radius 3 is 2.55 bits per heavy atom. The van der Waals surface area contributed by atoms with Crippen molar-refractivity contribution in [3.05, 3.63) is 64.3 Å². The van der Waals surface area contributed by atoms with E-state index in [1.54, 1.807) is 19.5 Å². The Morgan fingerprint density at radius 1 is 1.03 bits per heavy atom. The number of aryl methyl sites for hydroxylation is 3. The van der Waals surface area contributed by atoms with Crippen molar-refractivity contribution in [2.75, 3.05) is 37.1 Å². The van der Waals surface area contributed by atoms with Gasteiger partial charge in [0.15, 0.2) is 5.82 Å². The topological polar surface area (TPSA) is 70.2 Å². The quantitative estimate of drug-likeness (QED) is 0.257. The van der Waals surface area contributed by atoms with E-state index in [1.807, 2.05) is 25.1 Å². The summed E-state index contributed by atoms with van der Waals surface area (Å²) in [4.78, 5) is 11.9. The van der Waals surface area contributed by atoms with Crippen molar-refractivity contribution in [1.29, 1.82) is 0 Å². The van der Waals surface area contributed by atoms with Crippen LogP contribution in [0.5, 0.6) is 0 Å². The predicted molar refractivity (Wildman–Crippen MR) is 159 cm³/mol. The zero-order chi connectivity index (χ0) is 26.5. The average Bonchev–Trinajstić information content (AvgIpc) is 3.56. The maximum absolute atomic E-state index is 12.9. The van der Waals surface area contributed by atoms with Crippen LogP contribution in [0.2, 0.25) is 5.02 Å². The number of nitrogens with zero attached hydrogens (tertiary/aromatic N) is 3. The first kappa shape index (κ1) is 25.9. The van der Waals surface area contributed by atoms with Crippen LogP contribution in [0.25, 0.3) is 0 Å². The highest BCUT2D eigenvalue weighted by Gasteiger charge is 2.48. The number of fused-ring (bicyclic) bond motifs is 1. The summed E-state index contributed by atoms with van der Waals surface area (Å²) in [5.74, 6) is 0.958. The van der Waals surface area contributed by atoms with Gasteiger partial charge in [-0.25, -0.2) is 4.98 Å². The summed E-state index contributed by atoms with van der Waals surface area (Å²) < 4.78 is 12.9. The van der Waals surface area contributed by atoms with Crippen LogP contribution in [0.1, 0.15) is 48.8 Å². The smallest absolute Gasteiger partial charge is 0.229 e. The summed E-state index contributed by atoms with van der Waals surface area (Å²) in [5.41, 5.74) is 6.38. The van der Waals surface area contributed by atoms with Crippen LogP contribution in [0.4, 0.5) is 23.1 Å². The van der Waals surface area contributed by atoms with Crippen LogP contribution in [0.3, 0.4) is 0 Å². The van der Waals surface area contributed by atoms with Gasteiger partial charge >= 0.3 is 0 Å². The van der Waals surface area contributed by atoms with Crippen molar-refractivity contribution in [2.24, 2.45) is 5.41 Å². The van der Waals surface area contributed by atoms with E-state index in [0.717, 1.165) is 35.1 Å². The van der Waals surface area contributed by atoms with Gasteiger partial charge in [-0.05, 0) is 113 Å². The first-order chi connectivity index (χ1) is 18.2. The van der Waals surface area contributed by atoms with E-state index < -0.39 is 7.14 Å². The molecule has 8 heteroatoms. The molecule has 1 spiro atoms. The second-order valence-corrected chi connectivity index (χ2v) is 15.5. The highest BCUT2D eigenvalue weighted by molar-refractivity contribution is 7.70. The van der Waals surface area contributed by atoms with Crippen molar-refractivity contribution in [3.63, 3.8) is 0 Å². The SMILES string of the molecule is Cc1ccc(Nc2nc(Nc3ccc4c(c3)CCC(N3CCC5(CC5)C3)CC4)ncc2Cl)c(P(C)(C)=O)c1. The Morgan fingerprint density at radius 2 is 1.82 bits per heavy atom. The van der Waals surface area contributed by atoms with Crippen LogP contribution in [-0.4, -0.2) is 47.3 Å². The lowest BCUT2D eigenvalue weighted by Gasteiger charge is -2.26. The second-order valence-electron chi connectivity index (χ2n) is 11.9. The molecule has 38 heavy (non-hydrogen) atoms. The molecule has 0 amide bonds. The van der Waals surface area contributed by atoms with Crippen LogP contribution in [0.15, 0.2) is 42.6 Å². The molecule has 0 bridgehead atoms. The number of hydrogen-bond donors (Lipinski definition) is 2. The maximum atomic E-state index is 12.9. The number of hydrogen-bond acceptors (Lipinski definition) is 6. The molecule has 1 unspecified atom stereocenters. The third-order valence-electron chi connectivity index (χ3n) is 8.63. The van der Waals surface area contributed by atoms with Gasteiger partial charge in [0.2, 0.25) is 5.95 Å². The standard InChI is InChI=1S/C30H37ClN5OP/c1-20-4-11-26(27(16-20)38(2,3)37)34-28-25(31)18-32-29(35-28)33-23-8-5-21-6-9-24(10-7-22(21)17-23)36-15-14-30(19-36)12-13-30/h4-5,8,11,16-18,24H,6-7,9-10,12-15,19H2,1-3H3,(H2,32,33,34,35). The van der Waals surface area contributed by atoms with Gasteiger partial charge in [-0.3, -0.25) is 4.90 Å². The molecule has 2 N–H and O–H groups in total. The Hall–Kier alpha value is -2.40. The third-order valence-corrected chi connectivity index (χ3v) is 10.4. The number of nitrogens with one attached hydrogen (secondary N) is 2. The minimum Gasteiger partial charge on any atom is -0.338 e. The molecule has 2 heterocycles. The van der Waals surface area contributed by atoms with Crippen LogP contribution in [0, 0.1) is 12.3 Å². The fourth-order valence-corrected chi connectivity index (χ4v) is 7.53. The summed E-state index contributed by atoms with van der Waals surface area (Å²) in [5, 5.41) is 7.88. The highest BCUT2D eigenvalue weighted by atomic mass is 35.5. The van der Waals surface area contributed by atoms with Gasteiger partial charge in [0.05, 0.1) is 11.9 Å². The molecule has 2 fully saturated rings. The lowest BCUT2D eigenvalue weighted by Crippen LogP contribution is -2.33. The van der Waals surface area contributed by atoms with Crippen LogP contribution in [-0.2, 0) is 17.4 Å². The molecule has 1 saturated heterocycles. The molecule has 1 saturated carbocycles. The Balaban J connectivity index is 1.17. The molecule has 2 aliphatic carbocycles. The van der Waals surface area contributed by atoms with Gasteiger partial charge < -0.3 is 15.2 Å². The fraction of sp³-hybridized carbons (Fsp3) is 0.467. The number of rotatable bonds is 6. The van der Waals surface area contributed by atoms with E-state index in [9.17, 15) is 4.57 Å². The normalized spacial score (nSPS) is 20.7. The largest absolute Gasteiger partial charge is 0.338 e. The number of aromatic nitrogens is 2. The molecule has 6 rings (SSSR count). The molecule has 2 aromatic carbocycles. The van der Waals surface area contributed by atoms with Crippen molar-refractivity contribution in [2.45, 2.75) is 57.9 Å². The number of halogens is 1. The van der Waals surface area contributed by atoms with E-state index in [-0.39, 0.29) is 0 Å². The minimum atomic E-state index is -2.50. The monoisotopic (exact) mass is 549 g/mol. The number of anilines is 4. The van der Waals surface area contributed by atoms with E-state index in [4.69, 9.17) is 11.6 Å². The van der Waals surface area contributed by atoms with Gasteiger partial charge in [-0.15, -0.1) is 0 Å². The van der Waals surface area contributed by atoms with Crippen molar-refractivity contribution >= 4 is 47.2 Å². The van der Waals surface area contributed by atoms with Crippen molar-refractivity contribution in [1.82, 2.24) is 14.9 Å². The molecular formula is C30H37ClN5OP. The minimum absolute atomic E-state index is 0.409. The molecule has 1 atom stereocenters. The van der Waals surface area contributed by atoms with Gasteiger partial charge in [-0.2, -0.15) is 4.98 Å². The summed E-state index contributed by atoms with van der Waals surface area (Å²) in [7, 11) is -2.50. The van der Waals surface area contributed by atoms with E-state index >= 15 is 0 Å². The Bertz CT molecular complexity index is 1420. The van der Waals surface area contributed by atoms with Crippen LogP contribution < -0.4 is 15.9 Å². The van der Waals surface area contributed by atoms with Gasteiger partial charge in [-0.1, -0.05) is 29.3 Å². The molecule has 200 valence electrons. The van der Waals surface area contributed by atoms with E-state index in [0.29, 0.717) is 28.2 Å². The maximum Gasteiger partial charge on any atom is 0.229 e. The zero-order valence-corrected chi connectivity index (χ0v) is 24.2. The lowest BCUT2D eigenvalue weighted by molar-refractivity contribution is 0.212. The van der Waals surface area contributed by atoms with Crippen molar-refractivity contribution < 1.29 is 4.57 Å². The van der Waals surface area contributed by atoms with Crippen LogP contribution >= 0.6 is 18.7 Å². The molecular weight excluding hydrogens is 513 g/mol. The summed E-state index contributed by atoms with van der Waals surface area (Å²) in [6.07, 6.45) is 10.6. The molecule has 6 nitrogen and oxygen atoms in total. The summed E-state index contributed by atoms with van der Waals surface area (Å²) >= 11 is 6.46. The van der Waals surface area contributed by atoms with Gasteiger partial charge in [0.25, 0.3) is 0 Å². The first-order valence-corrected chi connectivity index (χ1v) is 16.7. The molecule has 3 aliphatic rings. The predicted octanol–water partition coefficient (Wildman–Crippen LogP) is 6.91. The molecule has 3 aromatic rings. The number of likely N-dealkylation sites (tertiary alicyclic amines) is 1. The summed E-state index contributed by atoms with van der Waals surface area (Å²) in [6.45, 7) is 8.16. The van der Waals surface area contributed by atoms with Gasteiger partial charge in [0, 0.05) is 23.6 Å². The fourth-order valence-electron chi connectivity index (χ4n) is 6.16. The van der Waals surface area contributed by atoms with E-state index in [1.165, 1.54) is 56.3 Å². The third kappa shape index (κ3) is 5.50. The average molecular weight is 550 g/mol. The Kier molecular flexibility index (Phi) is 6.78. The lowest BCUT2D eigenvalue weighted by atomic mass is 10.0. The number of benzene rings is 2. The molecule has 1 aromatic heterocycles. The molecule has 0 radical (unpaired) electrons. The zero-order valence-electron chi connectivity index (χ0n) is 22.6. The molecule has 1 aliphatic heterocycles. The Labute approximate surface area is 231 Å². The first-order valence-electron chi connectivity index (χ1n) is 13.8. The van der Waals surface area contributed by atoms with Gasteiger partial charge in [0.1, 0.15) is 12.2 Å². The van der Waals surface area contributed by atoms with E-state index in [2.05, 4.69) is 43.7 Å². The highest BCUT2D eigenvalue weighted by Crippen LogP contribution is 2.53. The summed E-state index contributed by atoms with van der Waals surface area (Å²) in [6, 6.07) is 13.2. The van der Waals surface area contributed by atoms with Crippen molar-refractivity contribution in [3.8, 4) is 0 Å². The second kappa shape index (κ2) is 9.97.